The second-order valence-corrected chi connectivity index (χ2v) is 5.55. The summed E-state index contributed by atoms with van der Waals surface area (Å²) < 4.78 is 6.78. The van der Waals surface area contributed by atoms with Crippen LogP contribution in [-0.4, -0.2) is 4.98 Å². The summed E-state index contributed by atoms with van der Waals surface area (Å²) >= 11 is 3.45. The molecule has 0 saturated heterocycles. The van der Waals surface area contributed by atoms with Crippen LogP contribution in [0.1, 0.15) is 31.0 Å². The summed E-state index contributed by atoms with van der Waals surface area (Å²) in [5.74, 6) is 1.40. The van der Waals surface area contributed by atoms with Crippen LogP contribution >= 0.6 is 15.9 Å². The first-order valence-electron chi connectivity index (χ1n) is 6.15. The van der Waals surface area contributed by atoms with Crippen LogP contribution in [0.2, 0.25) is 0 Å². The van der Waals surface area contributed by atoms with Crippen LogP contribution in [0.4, 0.5) is 5.69 Å². The van der Waals surface area contributed by atoms with Crippen LogP contribution in [0, 0.1) is 11.3 Å². The molecule has 0 unspecified atom stereocenters. The molecule has 5 heteroatoms. The van der Waals surface area contributed by atoms with Gasteiger partial charge in [-0.15, -0.1) is 0 Å². The summed E-state index contributed by atoms with van der Waals surface area (Å²) in [7, 11) is 0. The van der Waals surface area contributed by atoms with E-state index in [1.165, 1.54) is 0 Å². The standard InChI is InChI=1S/C15H14BrN3O/c1-9(2)11-7-10(16)3-5-14(11)20-15-6-4-12(18)13(8-17)19-15/h3-7,9H,18H2,1-2H3. The van der Waals surface area contributed by atoms with Crippen molar-refractivity contribution in [3.63, 3.8) is 0 Å². The molecule has 2 aromatic rings. The van der Waals surface area contributed by atoms with Crippen molar-refractivity contribution in [3.05, 3.63) is 46.1 Å². The summed E-state index contributed by atoms with van der Waals surface area (Å²) in [4.78, 5) is 4.09. The number of hydrogen-bond acceptors (Lipinski definition) is 4. The third-order valence-corrected chi connectivity index (χ3v) is 3.31. The number of hydrogen-bond donors (Lipinski definition) is 1. The minimum atomic E-state index is 0.172. The van der Waals surface area contributed by atoms with Gasteiger partial charge < -0.3 is 10.5 Å². The first-order chi connectivity index (χ1) is 9.51. The third kappa shape index (κ3) is 3.09. The first-order valence-corrected chi connectivity index (χ1v) is 6.94. The lowest BCUT2D eigenvalue weighted by molar-refractivity contribution is 0.454. The molecule has 0 radical (unpaired) electrons. The number of rotatable bonds is 3. The number of nitrogen functional groups attached to an aromatic ring is 1. The lowest BCUT2D eigenvalue weighted by atomic mass is 10.0. The van der Waals surface area contributed by atoms with Gasteiger partial charge in [0.25, 0.3) is 0 Å². The van der Waals surface area contributed by atoms with E-state index in [1.807, 2.05) is 24.3 Å². The van der Waals surface area contributed by atoms with E-state index in [0.29, 0.717) is 17.5 Å². The van der Waals surface area contributed by atoms with Gasteiger partial charge in [0.05, 0.1) is 5.69 Å². The van der Waals surface area contributed by atoms with Crippen LogP contribution < -0.4 is 10.5 Å². The van der Waals surface area contributed by atoms with Gasteiger partial charge in [-0.2, -0.15) is 5.26 Å². The van der Waals surface area contributed by atoms with Gasteiger partial charge in [0.2, 0.25) is 5.88 Å². The van der Waals surface area contributed by atoms with Crippen molar-refractivity contribution in [2.24, 2.45) is 0 Å². The molecule has 20 heavy (non-hydrogen) atoms. The van der Waals surface area contributed by atoms with E-state index >= 15 is 0 Å². The van der Waals surface area contributed by atoms with E-state index in [0.717, 1.165) is 15.8 Å². The predicted molar refractivity (Wildman–Crippen MR) is 81.7 cm³/mol. The number of aromatic nitrogens is 1. The SMILES string of the molecule is CC(C)c1cc(Br)ccc1Oc1ccc(N)c(C#N)n1. The maximum atomic E-state index is 8.93. The molecule has 0 aliphatic carbocycles. The number of nitrogens with zero attached hydrogens (tertiary/aromatic N) is 2. The summed E-state index contributed by atoms with van der Waals surface area (Å²) in [6.45, 7) is 4.18. The Hall–Kier alpha value is -2.06. The summed E-state index contributed by atoms with van der Waals surface area (Å²) in [5, 5.41) is 8.93. The third-order valence-electron chi connectivity index (χ3n) is 2.82. The summed E-state index contributed by atoms with van der Waals surface area (Å²) in [6, 6.07) is 11.0. The van der Waals surface area contributed by atoms with E-state index in [9.17, 15) is 0 Å². The Bertz CT molecular complexity index is 677. The van der Waals surface area contributed by atoms with Crippen LogP contribution in [-0.2, 0) is 0 Å². The molecule has 1 heterocycles. The maximum Gasteiger partial charge on any atom is 0.220 e. The molecule has 4 nitrogen and oxygen atoms in total. The van der Waals surface area contributed by atoms with E-state index in [1.54, 1.807) is 12.1 Å². The number of nitrogens with two attached hydrogens (primary N) is 1. The molecule has 2 N–H and O–H groups in total. The van der Waals surface area contributed by atoms with E-state index < -0.39 is 0 Å². The van der Waals surface area contributed by atoms with Gasteiger partial charge in [0, 0.05) is 10.5 Å². The molecule has 1 aromatic carbocycles. The Balaban J connectivity index is 2.38. The predicted octanol–water partition coefficient (Wildman–Crippen LogP) is 4.21. The van der Waals surface area contributed by atoms with Gasteiger partial charge in [-0.05, 0) is 35.7 Å². The summed E-state index contributed by atoms with van der Waals surface area (Å²) in [5.41, 5.74) is 7.23. The van der Waals surface area contributed by atoms with Gasteiger partial charge in [0.1, 0.15) is 11.8 Å². The molecule has 0 aliphatic heterocycles. The molecular formula is C15H14BrN3O. The highest BCUT2D eigenvalue weighted by Crippen LogP contribution is 2.32. The molecule has 2 rings (SSSR count). The Kier molecular flexibility index (Phi) is 4.26. The largest absolute Gasteiger partial charge is 0.439 e. The number of anilines is 1. The van der Waals surface area contributed by atoms with E-state index in [-0.39, 0.29) is 5.69 Å². The van der Waals surface area contributed by atoms with Crippen molar-refractivity contribution in [2.45, 2.75) is 19.8 Å². The Labute approximate surface area is 126 Å². The average molecular weight is 332 g/mol. The second-order valence-electron chi connectivity index (χ2n) is 4.64. The van der Waals surface area contributed by atoms with Crippen molar-refractivity contribution < 1.29 is 4.74 Å². The van der Waals surface area contributed by atoms with Crippen LogP contribution in [0.3, 0.4) is 0 Å². The molecule has 0 saturated carbocycles. The van der Waals surface area contributed by atoms with Crippen LogP contribution in [0.15, 0.2) is 34.8 Å². The molecule has 1 aromatic heterocycles. The molecule has 0 spiro atoms. The van der Waals surface area contributed by atoms with Crippen LogP contribution in [0.25, 0.3) is 0 Å². The lowest BCUT2D eigenvalue weighted by Gasteiger charge is -2.14. The van der Waals surface area contributed by atoms with Gasteiger partial charge in [-0.1, -0.05) is 29.8 Å². The number of pyridine rings is 1. The maximum absolute atomic E-state index is 8.93. The number of nitriles is 1. The Morgan fingerprint density at radius 3 is 2.70 bits per heavy atom. The molecule has 0 amide bonds. The zero-order valence-electron chi connectivity index (χ0n) is 11.2. The molecule has 102 valence electrons. The second kappa shape index (κ2) is 5.93. The smallest absolute Gasteiger partial charge is 0.220 e. The van der Waals surface area contributed by atoms with Crippen molar-refractivity contribution >= 4 is 21.6 Å². The van der Waals surface area contributed by atoms with Crippen molar-refractivity contribution in [3.8, 4) is 17.7 Å². The fourth-order valence-corrected chi connectivity index (χ4v) is 2.15. The van der Waals surface area contributed by atoms with E-state index in [2.05, 4.69) is 34.8 Å². The van der Waals surface area contributed by atoms with Crippen molar-refractivity contribution in [2.75, 3.05) is 5.73 Å². The van der Waals surface area contributed by atoms with Gasteiger partial charge in [-0.25, -0.2) is 4.98 Å². The van der Waals surface area contributed by atoms with Gasteiger partial charge in [0.15, 0.2) is 5.69 Å². The molecule has 0 aliphatic rings. The highest BCUT2D eigenvalue weighted by molar-refractivity contribution is 9.10. The molecule has 0 fully saturated rings. The fraction of sp³-hybridized carbons (Fsp3) is 0.200. The topological polar surface area (TPSA) is 71.9 Å². The zero-order valence-corrected chi connectivity index (χ0v) is 12.8. The highest BCUT2D eigenvalue weighted by Gasteiger charge is 2.11. The first kappa shape index (κ1) is 14.4. The number of halogens is 1. The van der Waals surface area contributed by atoms with Crippen molar-refractivity contribution in [1.82, 2.24) is 4.98 Å². The Morgan fingerprint density at radius 2 is 2.05 bits per heavy atom. The minimum absolute atomic E-state index is 0.172. The van der Waals surface area contributed by atoms with Crippen LogP contribution in [0.5, 0.6) is 11.6 Å². The van der Waals surface area contributed by atoms with Gasteiger partial charge >= 0.3 is 0 Å². The quantitative estimate of drug-likeness (QED) is 0.914. The Morgan fingerprint density at radius 1 is 1.30 bits per heavy atom. The normalized spacial score (nSPS) is 10.3. The van der Waals surface area contributed by atoms with Gasteiger partial charge in [-0.3, -0.25) is 0 Å². The average Bonchev–Trinajstić information content (AvgIpc) is 2.42. The number of ether oxygens (including phenoxy) is 1. The number of benzene rings is 1. The van der Waals surface area contributed by atoms with Crippen molar-refractivity contribution in [1.29, 1.82) is 5.26 Å². The molecule has 0 atom stereocenters. The molecular weight excluding hydrogens is 318 g/mol. The molecule has 0 bridgehead atoms. The lowest BCUT2D eigenvalue weighted by Crippen LogP contribution is -1.98. The zero-order chi connectivity index (χ0) is 14.7. The monoisotopic (exact) mass is 331 g/mol. The minimum Gasteiger partial charge on any atom is -0.439 e. The van der Waals surface area contributed by atoms with E-state index in [4.69, 9.17) is 15.7 Å². The summed E-state index contributed by atoms with van der Waals surface area (Å²) in [6.07, 6.45) is 0. The highest BCUT2D eigenvalue weighted by atomic mass is 79.9. The fourth-order valence-electron chi connectivity index (χ4n) is 1.77.